The Morgan fingerprint density at radius 2 is 0.654 bits per heavy atom. The minimum atomic E-state index is -4.67. The van der Waals surface area contributed by atoms with Crippen LogP contribution < -0.4 is 0 Å². The van der Waals surface area contributed by atoms with Crippen molar-refractivity contribution in [2.75, 3.05) is 0 Å². The molecule has 378 valence electrons. The van der Waals surface area contributed by atoms with E-state index in [4.69, 9.17) is 0 Å². The average molecular weight is 1020 g/mol. The average Bonchev–Trinajstić information content (AvgIpc) is 3.93. The van der Waals surface area contributed by atoms with E-state index in [0.29, 0.717) is 28.1 Å². The Labute approximate surface area is 452 Å². The maximum Gasteiger partial charge on any atom is 0.416 e. The third-order valence-corrected chi connectivity index (χ3v) is 15.8. The third-order valence-electron chi connectivity index (χ3n) is 15.8. The van der Waals surface area contributed by atoms with Gasteiger partial charge in [0.05, 0.1) is 50.6 Å². The Morgan fingerprint density at radius 3 is 0.936 bits per heavy atom. The number of hydrogen-bond donors (Lipinski definition) is 0. The van der Waals surface area contributed by atoms with Crippen LogP contribution in [-0.2, 0) is 6.18 Å². The zero-order valence-corrected chi connectivity index (χ0v) is 44.7. The first-order valence-corrected chi connectivity index (χ1v) is 26.2. The van der Waals surface area contributed by atoms with Gasteiger partial charge in [0, 0.05) is 21.5 Å². The molecule has 78 heavy (non-hydrogen) atoms. The Balaban J connectivity index is 1.20. The van der Waals surface area contributed by atoms with Crippen molar-refractivity contribution in [2.45, 2.75) is 61.6 Å². The van der Waals surface area contributed by atoms with Gasteiger partial charge in [0.15, 0.2) is 0 Å². The van der Waals surface area contributed by atoms with Gasteiger partial charge < -0.3 is 9.13 Å². The topological polar surface area (TPSA) is 57.4 Å². The quantitative estimate of drug-likeness (QED) is 0.160. The summed E-state index contributed by atoms with van der Waals surface area (Å²) in [6.07, 6.45) is -4.67. The molecule has 0 spiro atoms. The van der Waals surface area contributed by atoms with Crippen LogP contribution in [0.15, 0.2) is 176 Å². The number of alkyl halides is 3. The fourth-order valence-corrected chi connectivity index (χ4v) is 12.1. The van der Waals surface area contributed by atoms with Gasteiger partial charge in [0.1, 0.15) is 11.6 Å². The van der Waals surface area contributed by atoms with Gasteiger partial charge in [-0.15, -0.1) is 0 Å². The molecule has 0 N–H and O–H groups in total. The predicted molar refractivity (Wildman–Crippen MR) is 315 cm³/mol. The lowest BCUT2D eigenvalue weighted by atomic mass is 9.95. The van der Waals surface area contributed by atoms with Gasteiger partial charge in [-0.2, -0.15) is 23.7 Å². The third kappa shape index (κ3) is 8.31. The fourth-order valence-electron chi connectivity index (χ4n) is 12.1. The van der Waals surface area contributed by atoms with E-state index in [1.807, 2.05) is 12.1 Å². The SMILES string of the molecule is Cc1ccc(-c2ccc3c(c2)c2cc(-c4ccc(C)cc4C)ccc2n3-c2cc(-c3ccc(C(F)(F)F)cc3C#N)cc(-n3c4ccc(-c5ccc(C)cc5C)cc4c4cc(-c5ccc(C)cc5C)ccc43)c2C#N)c(C)c1. The van der Waals surface area contributed by atoms with Crippen LogP contribution in [-0.4, -0.2) is 9.13 Å². The number of halogens is 3. The minimum Gasteiger partial charge on any atom is -0.308 e. The molecule has 0 radical (unpaired) electrons. The van der Waals surface area contributed by atoms with Crippen molar-refractivity contribution in [2.24, 2.45) is 0 Å². The van der Waals surface area contributed by atoms with Crippen LogP contribution in [0.5, 0.6) is 0 Å². The highest BCUT2D eigenvalue weighted by Gasteiger charge is 2.32. The first kappa shape index (κ1) is 49.4. The highest BCUT2D eigenvalue weighted by molar-refractivity contribution is 6.14. The predicted octanol–water partition coefficient (Wildman–Crippen LogP) is 19.4. The smallest absolute Gasteiger partial charge is 0.308 e. The normalized spacial score (nSPS) is 11.8. The maximum absolute atomic E-state index is 14.4. The van der Waals surface area contributed by atoms with Crippen LogP contribution in [0.3, 0.4) is 0 Å². The second-order valence-electron chi connectivity index (χ2n) is 21.2. The number of aromatic nitrogens is 2. The summed E-state index contributed by atoms with van der Waals surface area (Å²) in [7, 11) is 0. The molecule has 0 aliphatic rings. The van der Waals surface area contributed by atoms with E-state index < -0.39 is 11.7 Å². The molecular weight excluding hydrogens is 966 g/mol. The number of fused-ring (bicyclic) bond motifs is 6. The summed E-state index contributed by atoms with van der Waals surface area (Å²) < 4.78 is 47.4. The maximum atomic E-state index is 14.4. The molecule has 0 bridgehead atoms. The van der Waals surface area contributed by atoms with Crippen LogP contribution in [0.2, 0.25) is 0 Å². The summed E-state index contributed by atoms with van der Waals surface area (Å²) in [5.41, 5.74) is 22.3. The molecule has 2 aromatic heterocycles. The van der Waals surface area contributed by atoms with Gasteiger partial charge >= 0.3 is 6.18 Å². The summed E-state index contributed by atoms with van der Waals surface area (Å²) in [5.74, 6) is 0. The van der Waals surface area contributed by atoms with Crippen LogP contribution in [0.1, 0.15) is 61.2 Å². The standard InChI is InChI=1S/C71H53F3N4/c1-40-9-18-55(44(5)27-40)48-13-23-65-60(32-48)61-33-49(56-19-10-41(2)28-45(56)6)14-24-66(61)77(65)69-36-52(59-22-17-54(71(72,73)74)31-53(59)38-75)37-70(64(69)39-76)78-67-25-15-50(57-20-11-42(3)29-46(57)7)34-62(67)63-35-51(16-26-68(63)78)58-21-12-43(4)30-47(58)8/h9-37H,1-8H3. The first-order chi connectivity index (χ1) is 37.5. The molecule has 0 fully saturated rings. The van der Waals surface area contributed by atoms with Crippen molar-refractivity contribution in [3.05, 3.63) is 237 Å². The molecule has 12 rings (SSSR count). The molecule has 10 aromatic carbocycles. The number of aryl methyl sites for hydroxylation is 8. The molecule has 4 nitrogen and oxygen atoms in total. The van der Waals surface area contributed by atoms with Gasteiger partial charge in [-0.3, -0.25) is 0 Å². The largest absolute Gasteiger partial charge is 0.416 e. The second-order valence-corrected chi connectivity index (χ2v) is 21.2. The number of rotatable bonds is 7. The monoisotopic (exact) mass is 1020 g/mol. The minimum absolute atomic E-state index is 0.136. The lowest BCUT2D eigenvalue weighted by Crippen LogP contribution is -2.07. The molecule has 7 heteroatoms. The van der Waals surface area contributed by atoms with E-state index in [-0.39, 0.29) is 5.56 Å². The van der Waals surface area contributed by atoms with E-state index >= 15 is 0 Å². The zero-order chi connectivity index (χ0) is 54.5. The van der Waals surface area contributed by atoms with Crippen molar-refractivity contribution < 1.29 is 13.2 Å². The number of benzene rings is 10. The summed E-state index contributed by atoms with van der Waals surface area (Å²) in [5, 5.41) is 26.4. The van der Waals surface area contributed by atoms with Crippen molar-refractivity contribution in [1.82, 2.24) is 9.13 Å². The van der Waals surface area contributed by atoms with E-state index in [9.17, 15) is 23.7 Å². The van der Waals surface area contributed by atoms with Crippen molar-refractivity contribution in [3.63, 3.8) is 0 Å². The number of nitriles is 2. The fraction of sp³-hybridized carbons (Fsp3) is 0.127. The molecule has 2 heterocycles. The van der Waals surface area contributed by atoms with Gasteiger partial charge in [-0.1, -0.05) is 125 Å². The van der Waals surface area contributed by atoms with Crippen molar-refractivity contribution in [1.29, 1.82) is 10.5 Å². The second kappa shape index (κ2) is 18.7. The van der Waals surface area contributed by atoms with Gasteiger partial charge in [-0.25, -0.2) is 0 Å². The van der Waals surface area contributed by atoms with Crippen LogP contribution in [0.25, 0.3) is 111 Å². The van der Waals surface area contributed by atoms with Gasteiger partial charge in [0.25, 0.3) is 0 Å². The van der Waals surface area contributed by atoms with Crippen LogP contribution in [0, 0.1) is 78.1 Å². The Kier molecular flexibility index (Phi) is 11.8. The highest BCUT2D eigenvalue weighted by Crippen LogP contribution is 2.45. The Hall–Kier alpha value is -9.43. The molecule has 0 aliphatic carbocycles. The Bertz CT molecular complexity index is 4140. The zero-order valence-electron chi connectivity index (χ0n) is 44.7. The number of nitrogens with zero attached hydrogens (tertiary/aromatic N) is 4. The van der Waals surface area contributed by atoms with Crippen molar-refractivity contribution >= 4 is 43.6 Å². The molecule has 0 aliphatic heterocycles. The summed E-state index contributed by atoms with van der Waals surface area (Å²) in [6, 6.07) is 63.6. The van der Waals surface area contributed by atoms with E-state index in [1.165, 1.54) is 28.3 Å². The highest BCUT2D eigenvalue weighted by atomic mass is 19.4. The summed E-state index contributed by atoms with van der Waals surface area (Å²) in [4.78, 5) is 0. The lowest BCUT2D eigenvalue weighted by Gasteiger charge is -2.19. The van der Waals surface area contributed by atoms with E-state index in [0.717, 1.165) is 123 Å². The molecule has 12 aromatic rings. The number of hydrogen-bond acceptors (Lipinski definition) is 2. The molecular formula is C71H53F3N4. The van der Waals surface area contributed by atoms with E-state index in [1.54, 1.807) is 0 Å². The molecule has 0 atom stereocenters. The van der Waals surface area contributed by atoms with Crippen LogP contribution in [0.4, 0.5) is 13.2 Å². The lowest BCUT2D eigenvalue weighted by molar-refractivity contribution is -0.137. The Morgan fingerprint density at radius 1 is 0.333 bits per heavy atom. The molecule has 0 saturated heterocycles. The van der Waals surface area contributed by atoms with Crippen molar-refractivity contribution in [3.8, 4) is 79.1 Å². The first-order valence-electron chi connectivity index (χ1n) is 26.2. The van der Waals surface area contributed by atoms with Gasteiger partial charge in [0.2, 0.25) is 0 Å². The summed E-state index contributed by atoms with van der Waals surface area (Å²) >= 11 is 0. The molecule has 0 saturated carbocycles. The van der Waals surface area contributed by atoms with Gasteiger partial charge in [-0.05, 0) is 206 Å². The molecule has 0 amide bonds. The molecule has 0 unspecified atom stereocenters. The van der Waals surface area contributed by atoms with E-state index in [2.05, 4.69) is 222 Å². The van der Waals surface area contributed by atoms with Crippen LogP contribution >= 0.6 is 0 Å². The summed E-state index contributed by atoms with van der Waals surface area (Å²) in [6.45, 7) is 16.9.